The molecule has 0 spiro atoms. The van der Waals surface area contributed by atoms with Gasteiger partial charge in [0.2, 0.25) is 0 Å². The van der Waals surface area contributed by atoms with Crippen molar-refractivity contribution >= 4 is 72.7 Å². The van der Waals surface area contributed by atoms with Gasteiger partial charge in [-0.3, -0.25) is 9.36 Å². The number of thiophene rings is 1. The lowest BCUT2D eigenvalue weighted by Gasteiger charge is -2.15. The maximum atomic E-state index is 13.3. The number of halogens is 2. The van der Waals surface area contributed by atoms with Crippen LogP contribution in [0.25, 0.3) is 16.5 Å². The number of anilines is 2. The van der Waals surface area contributed by atoms with Crippen molar-refractivity contribution < 1.29 is 13.2 Å². The van der Waals surface area contributed by atoms with Crippen molar-refractivity contribution in [1.29, 1.82) is 0 Å². The number of hydrogen-bond acceptors (Lipinski definition) is 7. The number of nitrogens with one attached hydrogen (secondary N) is 3. The highest BCUT2D eigenvalue weighted by atomic mass is 35.5. The minimum absolute atomic E-state index is 0.0860. The van der Waals surface area contributed by atoms with Gasteiger partial charge in [0.05, 0.1) is 15.0 Å². The largest absolute Gasteiger partial charge is 0.385 e. The zero-order valence-corrected chi connectivity index (χ0v) is 24.5. The van der Waals surface area contributed by atoms with E-state index in [2.05, 4.69) is 15.5 Å². The van der Waals surface area contributed by atoms with Crippen molar-refractivity contribution in [1.82, 2.24) is 14.2 Å². The van der Waals surface area contributed by atoms with Gasteiger partial charge in [-0.1, -0.05) is 23.2 Å². The summed E-state index contributed by atoms with van der Waals surface area (Å²) in [5.74, 6) is 0. The van der Waals surface area contributed by atoms with E-state index in [4.69, 9.17) is 23.2 Å². The fraction of sp³-hybridized carbons (Fsp3) is 0.259. The lowest BCUT2D eigenvalue weighted by Crippen LogP contribution is -2.33. The molecule has 0 bridgehead atoms. The highest BCUT2D eigenvalue weighted by molar-refractivity contribution is 7.92. The minimum Gasteiger partial charge on any atom is -0.385 e. The molecule has 13 heteroatoms. The van der Waals surface area contributed by atoms with Crippen LogP contribution in [0.3, 0.4) is 0 Å². The summed E-state index contributed by atoms with van der Waals surface area (Å²) in [6.45, 7) is 4.34. The maximum absolute atomic E-state index is 13.3. The second-order valence-corrected chi connectivity index (χ2v) is 13.4. The molecule has 0 atom stereocenters. The number of sulfonamides is 1. The highest BCUT2D eigenvalue weighted by Crippen LogP contribution is 2.27. The highest BCUT2D eigenvalue weighted by Gasteiger charge is 2.20. The van der Waals surface area contributed by atoms with Crippen LogP contribution in [-0.4, -0.2) is 50.1 Å². The Balaban J connectivity index is 1.25. The first kappa shape index (κ1) is 28.4. The number of carbonyl (C=O) groups excluding carboxylic acids is 1. The second kappa shape index (κ2) is 12.2. The van der Waals surface area contributed by atoms with E-state index in [1.165, 1.54) is 54.8 Å². The number of amides is 2. The number of likely N-dealkylation sites (tertiary alicyclic amines) is 1. The Bertz CT molecular complexity index is 1720. The third-order valence-corrected chi connectivity index (χ3v) is 9.95. The maximum Gasteiger partial charge on any atom is 0.333 e. The molecule has 210 valence electrons. The van der Waals surface area contributed by atoms with Gasteiger partial charge in [-0.25, -0.2) is 17.9 Å². The molecule has 4 aromatic rings. The van der Waals surface area contributed by atoms with E-state index < -0.39 is 16.1 Å². The van der Waals surface area contributed by atoms with Crippen LogP contribution in [-0.2, 0) is 10.0 Å². The van der Waals surface area contributed by atoms with Gasteiger partial charge in [0.1, 0.15) is 4.21 Å². The van der Waals surface area contributed by atoms with Crippen molar-refractivity contribution in [3.63, 3.8) is 0 Å². The summed E-state index contributed by atoms with van der Waals surface area (Å²) in [4.78, 5) is 28.1. The van der Waals surface area contributed by atoms with E-state index in [-0.39, 0.29) is 24.8 Å². The SMILES string of the molecule is O=C(Nc1ccc(-n2ccc3cc(NCCCN4CCCC4)ccc3c2=O)c(Cl)c1)NS(=O)(=O)c1ccc(Cl)s1. The lowest BCUT2D eigenvalue weighted by molar-refractivity contribution is 0.256. The number of benzene rings is 2. The summed E-state index contributed by atoms with van der Waals surface area (Å²) in [5.41, 5.74) is 1.39. The minimum atomic E-state index is -4.07. The van der Waals surface area contributed by atoms with Crippen LogP contribution in [0.5, 0.6) is 0 Å². The fourth-order valence-electron chi connectivity index (χ4n) is 4.64. The van der Waals surface area contributed by atoms with Crippen LogP contribution >= 0.6 is 34.5 Å². The first-order valence-electron chi connectivity index (χ1n) is 12.7. The van der Waals surface area contributed by atoms with Crippen molar-refractivity contribution in [2.24, 2.45) is 0 Å². The Labute approximate surface area is 245 Å². The number of urea groups is 1. The molecule has 0 unspecified atom stereocenters. The fourth-order valence-corrected chi connectivity index (χ4v) is 7.30. The Morgan fingerprint density at radius 1 is 0.975 bits per heavy atom. The molecule has 1 aliphatic heterocycles. The summed E-state index contributed by atoms with van der Waals surface area (Å²) in [7, 11) is -4.07. The van der Waals surface area contributed by atoms with Gasteiger partial charge in [0.15, 0.2) is 0 Å². The molecule has 1 aliphatic rings. The van der Waals surface area contributed by atoms with Gasteiger partial charge in [-0.05, 0) is 98.9 Å². The summed E-state index contributed by atoms with van der Waals surface area (Å²) in [6, 6.07) is 13.8. The average molecular weight is 621 g/mol. The van der Waals surface area contributed by atoms with E-state index in [1.54, 1.807) is 18.3 Å². The van der Waals surface area contributed by atoms with Crippen LogP contribution in [0.2, 0.25) is 9.36 Å². The molecule has 40 heavy (non-hydrogen) atoms. The van der Waals surface area contributed by atoms with E-state index in [9.17, 15) is 18.0 Å². The van der Waals surface area contributed by atoms with Gasteiger partial charge >= 0.3 is 6.03 Å². The summed E-state index contributed by atoms with van der Waals surface area (Å²) < 4.78 is 28.2. The molecule has 1 fully saturated rings. The second-order valence-electron chi connectivity index (χ2n) is 9.41. The Kier molecular flexibility index (Phi) is 8.67. The number of fused-ring (bicyclic) bond motifs is 1. The molecule has 0 saturated carbocycles. The van der Waals surface area contributed by atoms with Gasteiger partial charge in [0.25, 0.3) is 15.6 Å². The van der Waals surface area contributed by atoms with Crippen LogP contribution in [0.1, 0.15) is 19.3 Å². The lowest BCUT2D eigenvalue weighted by atomic mass is 10.1. The standard InChI is InChI=1S/C27H27Cl2N5O4S2/c28-22-17-20(31-27(36)32-40(37,38)25-9-8-24(29)39-25)5-7-23(22)34-15-10-18-16-19(4-6-21(18)26(34)35)30-11-3-14-33-12-1-2-13-33/h4-10,15-17,30H,1-3,11-14H2,(H2,31,32,36). The van der Waals surface area contributed by atoms with Gasteiger partial charge < -0.3 is 15.5 Å². The molecule has 0 aliphatic carbocycles. The van der Waals surface area contributed by atoms with Crippen LogP contribution in [0.15, 0.2) is 69.8 Å². The van der Waals surface area contributed by atoms with E-state index in [1.807, 2.05) is 22.9 Å². The number of nitrogens with zero attached hydrogens (tertiary/aromatic N) is 2. The van der Waals surface area contributed by atoms with Crippen LogP contribution < -0.4 is 20.9 Å². The quantitative estimate of drug-likeness (QED) is 0.205. The molecule has 2 aromatic carbocycles. The molecule has 9 nitrogen and oxygen atoms in total. The number of carbonyl (C=O) groups is 1. The predicted octanol–water partition coefficient (Wildman–Crippen LogP) is 5.77. The predicted molar refractivity (Wildman–Crippen MR) is 162 cm³/mol. The molecular formula is C27H27Cl2N5O4S2. The van der Waals surface area contributed by atoms with E-state index in [0.717, 1.165) is 41.9 Å². The zero-order valence-electron chi connectivity index (χ0n) is 21.3. The topological polar surface area (TPSA) is 113 Å². The van der Waals surface area contributed by atoms with Crippen LogP contribution in [0, 0.1) is 0 Å². The molecular weight excluding hydrogens is 593 g/mol. The van der Waals surface area contributed by atoms with Crippen LogP contribution in [0.4, 0.5) is 16.2 Å². The summed E-state index contributed by atoms with van der Waals surface area (Å²) in [6.07, 6.45) is 5.29. The molecule has 5 rings (SSSR count). The molecule has 3 heterocycles. The third-order valence-electron chi connectivity index (χ3n) is 6.59. The number of rotatable bonds is 9. The van der Waals surface area contributed by atoms with Gasteiger partial charge in [-0.15, -0.1) is 11.3 Å². The molecule has 3 N–H and O–H groups in total. The first-order valence-corrected chi connectivity index (χ1v) is 15.8. The average Bonchev–Trinajstić information content (AvgIpc) is 3.59. The third kappa shape index (κ3) is 6.61. The van der Waals surface area contributed by atoms with Crippen molar-refractivity contribution in [2.75, 3.05) is 36.8 Å². The normalized spacial score (nSPS) is 13.9. The van der Waals surface area contributed by atoms with Gasteiger partial charge in [-0.2, -0.15) is 0 Å². The van der Waals surface area contributed by atoms with E-state index in [0.29, 0.717) is 11.1 Å². The molecule has 1 saturated heterocycles. The summed E-state index contributed by atoms with van der Waals surface area (Å²) in [5, 5.41) is 7.44. The van der Waals surface area contributed by atoms with Gasteiger partial charge in [0, 0.05) is 29.5 Å². The number of aromatic nitrogens is 1. The Morgan fingerprint density at radius 3 is 2.48 bits per heavy atom. The molecule has 2 aromatic heterocycles. The zero-order chi connectivity index (χ0) is 28.3. The number of pyridine rings is 1. The van der Waals surface area contributed by atoms with Crippen molar-refractivity contribution in [3.8, 4) is 5.69 Å². The summed E-state index contributed by atoms with van der Waals surface area (Å²) >= 11 is 13.1. The Morgan fingerprint density at radius 2 is 1.75 bits per heavy atom. The van der Waals surface area contributed by atoms with E-state index >= 15 is 0 Å². The molecule has 0 radical (unpaired) electrons. The van der Waals surface area contributed by atoms with Crippen molar-refractivity contribution in [3.05, 3.63) is 80.5 Å². The monoisotopic (exact) mass is 619 g/mol. The number of hydrogen-bond donors (Lipinski definition) is 3. The first-order chi connectivity index (χ1) is 19.2. The van der Waals surface area contributed by atoms with Crippen molar-refractivity contribution in [2.45, 2.75) is 23.5 Å². The smallest absolute Gasteiger partial charge is 0.333 e. The Hall–Kier alpha value is -3.09. The molecule has 2 amide bonds.